The normalized spacial score (nSPS) is 12.9. The van der Waals surface area contributed by atoms with Crippen molar-refractivity contribution in [2.24, 2.45) is 0 Å². The van der Waals surface area contributed by atoms with Crippen LogP contribution in [0.25, 0.3) is 10.9 Å². The number of hydrogen-bond acceptors (Lipinski definition) is 5. The van der Waals surface area contributed by atoms with Crippen molar-refractivity contribution in [3.63, 3.8) is 0 Å². The summed E-state index contributed by atoms with van der Waals surface area (Å²) in [6.45, 7) is 7.10. The Morgan fingerprint density at radius 3 is 2.67 bits per heavy atom. The van der Waals surface area contributed by atoms with Gasteiger partial charge in [0.05, 0.1) is 5.52 Å². The molecule has 0 N–H and O–H groups in total. The van der Waals surface area contributed by atoms with E-state index in [1.165, 1.54) is 23.1 Å². The number of carbonyl (C=O) groups excluding carboxylic acids is 1. The van der Waals surface area contributed by atoms with Crippen molar-refractivity contribution >= 4 is 17.0 Å². The monoisotopic (exact) mass is 336 g/mol. The van der Waals surface area contributed by atoms with Gasteiger partial charge in [-0.3, -0.25) is 4.90 Å². The van der Waals surface area contributed by atoms with Crippen LogP contribution in [-0.4, -0.2) is 28.6 Å². The Hall–Kier alpha value is -2.44. The molecule has 7 heteroatoms. The number of hydrogen-bond donors (Lipinski definition) is 0. The molecule has 0 spiro atoms. The molecule has 1 aromatic carbocycles. The molecule has 0 saturated heterocycles. The van der Waals surface area contributed by atoms with Crippen LogP contribution in [0.5, 0.6) is 0 Å². The van der Waals surface area contributed by atoms with E-state index < -0.39 is 29.2 Å². The minimum Gasteiger partial charge on any atom is -0.444 e. The fourth-order valence-electron chi connectivity index (χ4n) is 2.31. The fourth-order valence-corrected chi connectivity index (χ4v) is 2.31. The lowest BCUT2D eigenvalue weighted by atomic mass is 10.2. The van der Waals surface area contributed by atoms with E-state index in [4.69, 9.17) is 9.15 Å². The first-order chi connectivity index (χ1) is 11.1. The molecule has 24 heavy (non-hydrogen) atoms. The molecular weight excluding hydrogens is 315 g/mol. The largest absolute Gasteiger partial charge is 0.444 e. The van der Waals surface area contributed by atoms with E-state index in [1.807, 2.05) is 6.92 Å². The summed E-state index contributed by atoms with van der Waals surface area (Å²) in [5, 5.41) is -0.198. The highest BCUT2D eigenvalue weighted by Gasteiger charge is 2.28. The minimum atomic E-state index is -0.816. The van der Waals surface area contributed by atoms with E-state index in [0.717, 1.165) is 0 Å². The summed E-state index contributed by atoms with van der Waals surface area (Å²) in [5.41, 5.74) is -1.27. The van der Waals surface area contributed by atoms with E-state index in [1.54, 1.807) is 27.8 Å². The van der Waals surface area contributed by atoms with Crippen LogP contribution >= 0.6 is 0 Å². The van der Waals surface area contributed by atoms with Crippen molar-refractivity contribution < 1.29 is 18.3 Å². The molecule has 0 aliphatic rings. The molecule has 1 atom stereocenters. The summed E-state index contributed by atoms with van der Waals surface area (Å²) >= 11 is 0. The van der Waals surface area contributed by atoms with Crippen molar-refractivity contribution in [3.05, 3.63) is 40.3 Å². The van der Waals surface area contributed by atoms with Crippen LogP contribution in [0.1, 0.15) is 46.0 Å². The van der Waals surface area contributed by atoms with E-state index in [9.17, 15) is 14.0 Å². The number of rotatable bonds is 3. The standard InChI is InChI=1S/C17H21FN2O4/c1-6-12(20(5)16(22)24-17(2,3)4)14-19-11-9-7-8-10(18)13(11)15(21)23-14/h7-9,12H,6H2,1-5H3/t12-/m0/s1. The highest BCUT2D eigenvalue weighted by Crippen LogP contribution is 2.24. The second-order valence-electron chi connectivity index (χ2n) is 6.49. The quantitative estimate of drug-likeness (QED) is 0.855. The average Bonchev–Trinajstić information content (AvgIpc) is 2.45. The zero-order valence-corrected chi connectivity index (χ0v) is 14.4. The first-order valence-corrected chi connectivity index (χ1v) is 7.69. The van der Waals surface area contributed by atoms with Crippen LogP contribution in [0, 0.1) is 5.82 Å². The predicted molar refractivity (Wildman–Crippen MR) is 87.3 cm³/mol. The zero-order valence-electron chi connectivity index (χ0n) is 14.4. The van der Waals surface area contributed by atoms with Gasteiger partial charge in [0.25, 0.3) is 0 Å². The summed E-state index contributed by atoms with van der Waals surface area (Å²) < 4.78 is 24.2. The highest BCUT2D eigenvalue weighted by molar-refractivity contribution is 5.77. The lowest BCUT2D eigenvalue weighted by Gasteiger charge is -2.29. The van der Waals surface area contributed by atoms with Gasteiger partial charge in [-0.1, -0.05) is 13.0 Å². The molecule has 0 radical (unpaired) electrons. The molecule has 0 aliphatic heterocycles. The van der Waals surface area contributed by atoms with Gasteiger partial charge in [-0.05, 0) is 39.3 Å². The zero-order chi connectivity index (χ0) is 18.1. The Kier molecular flexibility index (Phi) is 4.91. The van der Waals surface area contributed by atoms with Gasteiger partial charge >= 0.3 is 11.7 Å². The second kappa shape index (κ2) is 6.59. The molecule has 0 unspecified atom stereocenters. The van der Waals surface area contributed by atoms with Gasteiger partial charge in [-0.15, -0.1) is 0 Å². The number of halogens is 1. The average molecular weight is 336 g/mol. The molecule has 1 aromatic heterocycles. The maximum Gasteiger partial charge on any atom is 0.410 e. The highest BCUT2D eigenvalue weighted by atomic mass is 19.1. The van der Waals surface area contributed by atoms with Gasteiger partial charge in [0, 0.05) is 7.05 Å². The fraction of sp³-hybridized carbons (Fsp3) is 0.471. The SMILES string of the molecule is CC[C@@H](c1nc2cccc(F)c2c(=O)o1)N(C)C(=O)OC(C)(C)C. The van der Waals surface area contributed by atoms with Crippen molar-refractivity contribution in [2.45, 2.75) is 45.8 Å². The first-order valence-electron chi connectivity index (χ1n) is 7.69. The van der Waals surface area contributed by atoms with Gasteiger partial charge in [0.1, 0.15) is 22.8 Å². The molecule has 0 aliphatic carbocycles. The van der Waals surface area contributed by atoms with Gasteiger partial charge in [-0.2, -0.15) is 0 Å². The van der Waals surface area contributed by atoms with Gasteiger partial charge in [0.15, 0.2) is 0 Å². The Balaban J connectivity index is 2.42. The smallest absolute Gasteiger partial charge is 0.410 e. The van der Waals surface area contributed by atoms with Crippen LogP contribution in [0.3, 0.4) is 0 Å². The molecule has 1 amide bonds. The first kappa shape index (κ1) is 17.9. The molecule has 0 fully saturated rings. The molecule has 1 heterocycles. The molecule has 6 nitrogen and oxygen atoms in total. The number of amides is 1. The predicted octanol–water partition coefficient (Wildman–Crippen LogP) is 3.65. The van der Waals surface area contributed by atoms with Crippen LogP contribution in [0.2, 0.25) is 0 Å². The minimum absolute atomic E-state index is 0.0500. The van der Waals surface area contributed by atoms with Crippen LogP contribution in [0.15, 0.2) is 27.4 Å². The Bertz CT molecular complexity index is 810. The third kappa shape index (κ3) is 3.72. The van der Waals surface area contributed by atoms with E-state index in [-0.39, 0.29) is 16.8 Å². The number of aromatic nitrogens is 1. The molecule has 2 aromatic rings. The Morgan fingerprint density at radius 2 is 2.08 bits per heavy atom. The second-order valence-corrected chi connectivity index (χ2v) is 6.49. The number of nitrogens with zero attached hydrogens (tertiary/aromatic N) is 2. The third-order valence-corrected chi connectivity index (χ3v) is 3.44. The lowest BCUT2D eigenvalue weighted by Crippen LogP contribution is -2.37. The third-order valence-electron chi connectivity index (χ3n) is 3.44. The topological polar surface area (TPSA) is 72.6 Å². The van der Waals surface area contributed by atoms with Crippen molar-refractivity contribution in [1.29, 1.82) is 0 Å². The summed E-state index contributed by atoms with van der Waals surface area (Å²) in [6.07, 6.45) is -0.106. The lowest BCUT2D eigenvalue weighted by molar-refractivity contribution is 0.0188. The molecular formula is C17H21FN2O4. The number of fused-ring (bicyclic) bond motifs is 1. The van der Waals surface area contributed by atoms with Gasteiger partial charge < -0.3 is 9.15 Å². The number of carbonyl (C=O) groups is 1. The van der Waals surface area contributed by atoms with Crippen molar-refractivity contribution in [2.75, 3.05) is 7.05 Å². The van der Waals surface area contributed by atoms with E-state index >= 15 is 0 Å². The van der Waals surface area contributed by atoms with Crippen molar-refractivity contribution in [3.8, 4) is 0 Å². The summed E-state index contributed by atoms with van der Waals surface area (Å²) in [6, 6.07) is 3.57. The van der Waals surface area contributed by atoms with Crippen molar-refractivity contribution in [1.82, 2.24) is 9.88 Å². The molecule has 0 bridgehead atoms. The maximum absolute atomic E-state index is 13.7. The maximum atomic E-state index is 13.7. The van der Waals surface area contributed by atoms with Gasteiger partial charge in [0.2, 0.25) is 5.89 Å². The number of benzene rings is 1. The summed E-state index contributed by atoms with van der Waals surface area (Å²) in [7, 11) is 1.54. The molecule has 0 saturated carbocycles. The number of ether oxygens (including phenoxy) is 1. The van der Waals surface area contributed by atoms with Crippen LogP contribution < -0.4 is 5.63 Å². The van der Waals surface area contributed by atoms with Crippen LogP contribution in [-0.2, 0) is 4.74 Å². The van der Waals surface area contributed by atoms with E-state index in [0.29, 0.717) is 6.42 Å². The summed E-state index contributed by atoms with van der Waals surface area (Å²) in [4.78, 5) is 29.8. The molecule has 2 rings (SSSR count). The Labute approximate surface area is 139 Å². The van der Waals surface area contributed by atoms with E-state index in [2.05, 4.69) is 4.98 Å². The summed E-state index contributed by atoms with van der Waals surface area (Å²) in [5.74, 6) is -0.636. The Morgan fingerprint density at radius 1 is 1.42 bits per heavy atom. The van der Waals surface area contributed by atoms with Crippen LogP contribution in [0.4, 0.5) is 9.18 Å². The van der Waals surface area contributed by atoms with Gasteiger partial charge in [-0.25, -0.2) is 19.0 Å². The molecule has 130 valence electrons.